The Morgan fingerprint density at radius 3 is 2.85 bits per heavy atom. The lowest BCUT2D eigenvalue weighted by Crippen LogP contribution is -2.17. The number of sulfonamides is 1. The van der Waals surface area contributed by atoms with Gasteiger partial charge in [-0.15, -0.1) is 0 Å². The highest BCUT2D eigenvalue weighted by Gasteiger charge is 2.24. The maximum Gasteiger partial charge on any atom is 0.265 e. The van der Waals surface area contributed by atoms with Gasteiger partial charge in [-0.05, 0) is 36.0 Å². The van der Waals surface area contributed by atoms with E-state index >= 15 is 0 Å². The minimum Gasteiger partial charge on any atom is -0.314 e. The lowest BCUT2D eigenvalue weighted by Gasteiger charge is -2.10. The molecule has 0 aliphatic rings. The van der Waals surface area contributed by atoms with E-state index in [0.29, 0.717) is 28.1 Å². The smallest absolute Gasteiger partial charge is 0.265 e. The number of halogens is 1. The van der Waals surface area contributed by atoms with Crippen LogP contribution in [0.25, 0.3) is 0 Å². The van der Waals surface area contributed by atoms with Gasteiger partial charge in [0, 0.05) is 18.9 Å². The first-order valence-corrected chi connectivity index (χ1v) is 8.04. The number of hydrogen-bond donors (Lipinski definition) is 3. The van der Waals surface area contributed by atoms with Gasteiger partial charge in [-0.25, -0.2) is 8.42 Å². The standard InChI is InChI=1S/C11H14BrN5O2S/c1-7-11(10(6-13-2)16-15-7)20(18,19)17-9-3-4-14-5-8(9)12/h3-5,13H,6H2,1-2H3,(H,14,17)(H,15,16). The molecule has 0 radical (unpaired) electrons. The first-order chi connectivity index (χ1) is 9.45. The van der Waals surface area contributed by atoms with Crippen LogP contribution in [0, 0.1) is 6.92 Å². The lowest BCUT2D eigenvalue weighted by molar-refractivity contribution is 0.598. The van der Waals surface area contributed by atoms with Crippen LogP contribution in [0.4, 0.5) is 5.69 Å². The van der Waals surface area contributed by atoms with Gasteiger partial charge in [0.2, 0.25) is 0 Å². The molecule has 2 aromatic rings. The summed E-state index contributed by atoms with van der Waals surface area (Å²) < 4.78 is 28.1. The van der Waals surface area contributed by atoms with E-state index in [0.717, 1.165) is 0 Å². The molecule has 2 aromatic heterocycles. The molecule has 0 aliphatic carbocycles. The van der Waals surface area contributed by atoms with Crippen molar-refractivity contribution in [2.24, 2.45) is 0 Å². The number of aryl methyl sites for hydroxylation is 1. The normalized spacial score (nSPS) is 11.6. The summed E-state index contributed by atoms with van der Waals surface area (Å²) in [4.78, 5) is 4.05. The fraction of sp³-hybridized carbons (Fsp3) is 0.273. The summed E-state index contributed by atoms with van der Waals surface area (Å²) in [6.45, 7) is 2.03. The summed E-state index contributed by atoms with van der Waals surface area (Å²) in [5.41, 5.74) is 1.37. The van der Waals surface area contributed by atoms with Crippen LogP contribution in [0.5, 0.6) is 0 Å². The molecule has 0 aromatic carbocycles. The lowest BCUT2D eigenvalue weighted by atomic mass is 10.4. The molecular formula is C11H14BrN5O2S. The summed E-state index contributed by atoms with van der Waals surface area (Å²) >= 11 is 3.25. The average Bonchev–Trinajstić information content (AvgIpc) is 2.74. The first-order valence-electron chi connectivity index (χ1n) is 5.76. The number of hydrogen-bond acceptors (Lipinski definition) is 5. The van der Waals surface area contributed by atoms with E-state index in [1.54, 1.807) is 20.0 Å². The SMILES string of the molecule is CNCc1n[nH]c(C)c1S(=O)(=O)Nc1ccncc1Br. The predicted octanol–water partition coefficient (Wildman–Crippen LogP) is 1.40. The molecule has 20 heavy (non-hydrogen) atoms. The molecule has 108 valence electrons. The summed E-state index contributed by atoms with van der Waals surface area (Å²) in [6, 6.07) is 1.58. The van der Waals surface area contributed by atoms with Crippen LogP contribution >= 0.6 is 15.9 Å². The Kier molecular flexibility index (Phi) is 4.41. The number of aromatic nitrogens is 3. The number of nitrogens with zero attached hydrogens (tertiary/aromatic N) is 2. The second kappa shape index (κ2) is 5.90. The van der Waals surface area contributed by atoms with E-state index in [1.807, 2.05) is 0 Å². The van der Waals surface area contributed by atoms with Crippen LogP contribution < -0.4 is 10.0 Å². The Hall–Kier alpha value is -1.45. The molecule has 3 N–H and O–H groups in total. The van der Waals surface area contributed by atoms with Crippen molar-refractivity contribution < 1.29 is 8.42 Å². The van der Waals surface area contributed by atoms with E-state index in [9.17, 15) is 8.42 Å². The summed E-state index contributed by atoms with van der Waals surface area (Å²) in [5.74, 6) is 0. The summed E-state index contributed by atoms with van der Waals surface area (Å²) in [6.07, 6.45) is 3.04. The average molecular weight is 360 g/mol. The Balaban J connectivity index is 2.41. The Morgan fingerprint density at radius 2 is 2.20 bits per heavy atom. The van der Waals surface area contributed by atoms with Gasteiger partial charge in [-0.2, -0.15) is 5.10 Å². The van der Waals surface area contributed by atoms with Crippen molar-refractivity contribution >= 4 is 31.6 Å². The predicted molar refractivity (Wildman–Crippen MR) is 78.8 cm³/mol. The number of rotatable bonds is 5. The third kappa shape index (κ3) is 3.00. The molecular weight excluding hydrogens is 346 g/mol. The van der Waals surface area contributed by atoms with Gasteiger partial charge < -0.3 is 5.32 Å². The fourth-order valence-electron chi connectivity index (χ4n) is 1.77. The highest BCUT2D eigenvalue weighted by Crippen LogP contribution is 2.25. The van der Waals surface area contributed by atoms with Crippen molar-refractivity contribution in [3.63, 3.8) is 0 Å². The fourth-order valence-corrected chi connectivity index (χ4v) is 3.69. The second-order valence-corrected chi connectivity index (χ2v) is 6.59. The maximum atomic E-state index is 12.5. The molecule has 0 atom stereocenters. The third-order valence-corrected chi connectivity index (χ3v) is 4.79. The van der Waals surface area contributed by atoms with Crippen molar-refractivity contribution in [1.82, 2.24) is 20.5 Å². The molecule has 0 spiro atoms. The molecule has 0 amide bonds. The van der Waals surface area contributed by atoms with Gasteiger partial charge in [0.25, 0.3) is 10.0 Å². The highest BCUT2D eigenvalue weighted by molar-refractivity contribution is 9.10. The van der Waals surface area contributed by atoms with E-state index in [2.05, 4.69) is 41.2 Å². The van der Waals surface area contributed by atoms with Crippen molar-refractivity contribution in [2.45, 2.75) is 18.4 Å². The molecule has 7 nitrogen and oxygen atoms in total. The monoisotopic (exact) mass is 359 g/mol. The van der Waals surface area contributed by atoms with Crippen LogP contribution in [0.1, 0.15) is 11.4 Å². The zero-order chi connectivity index (χ0) is 14.8. The zero-order valence-electron chi connectivity index (χ0n) is 10.9. The number of aromatic amines is 1. The Morgan fingerprint density at radius 1 is 1.45 bits per heavy atom. The van der Waals surface area contributed by atoms with Crippen LogP contribution in [-0.4, -0.2) is 30.6 Å². The Labute approximate surface area is 125 Å². The molecule has 0 bridgehead atoms. The number of pyridine rings is 1. The second-order valence-electron chi connectivity index (χ2n) is 4.12. The van der Waals surface area contributed by atoms with Crippen LogP contribution in [0.15, 0.2) is 27.8 Å². The molecule has 2 rings (SSSR count). The number of nitrogens with one attached hydrogen (secondary N) is 3. The van der Waals surface area contributed by atoms with Gasteiger partial charge in [0.1, 0.15) is 4.90 Å². The summed E-state index contributed by atoms with van der Waals surface area (Å²) in [7, 11) is -1.99. The molecule has 0 saturated heterocycles. The van der Waals surface area contributed by atoms with E-state index in [4.69, 9.17) is 0 Å². The van der Waals surface area contributed by atoms with Crippen molar-refractivity contribution in [3.8, 4) is 0 Å². The van der Waals surface area contributed by atoms with Crippen molar-refractivity contribution in [3.05, 3.63) is 34.3 Å². The van der Waals surface area contributed by atoms with Crippen LogP contribution in [-0.2, 0) is 16.6 Å². The minimum atomic E-state index is -3.72. The maximum absolute atomic E-state index is 12.5. The molecule has 9 heteroatoms. The minimum absolute atomic E-state index is 0.163. The number of H-pyrrole nitrogens is 1. The van der Waals surface area contributed by atoms with Crippen LogP contribution in [0.2, 0.25) is 0 Å². The van der Waals surface area contributed by atoms with Crippen molar-refractivity contribution in [1.29, 1.82) is 0 Å². The zero-order valence-corrected chi connectivity index (χ0v) is 13.3. The van der Waals surface area contributed by atoms with E-state index in [-0.39, 0.29) is 4.90 Å². The van der Waals surface area contributed by atoms with E-state index < -0.39 is 10.0 Å². The topological polar surface area (TPSA) is 99.8 Å². The van der Waals surface area contributed by atoms with Crippen LogP contribution in [0.3, 0.4) is 0 Å². The van der Waals surface area contributed by atoms with Gasteiger partial charge in [-0.1, -0.05) is 0 Å². The molecule has 2 heterocycles. The first kappa shape index (κ1) is 14.9. The van der Waals surface area contributed by atoms with Gasteiger partial charge in [0.15, 0.2) is 0 Å². The van der Waals surface area contributed by atoms with Gasteiger partial charge in [-0.3, -0.25) is 14.8 Å². The molecule has 0 fully saturated rings. The van der Waals surface area contributed by atoms with Gasteiger partial charge in [0.05, 0.1) is 21.5 Å². The molecule has 0 saturated carbocycles. The van der Waals surface area contributed by atoms with Gasteiger partial charge >= 0.3 is 0 Å². The summed E-state index contributed by atoms with van der Waals surface area (Å²) in [5, 5.41) is 9.59. The van der Waals surface area contributed by atoms with E-state index in [1.165, 1.54) is 12.4 Å². The van der Waals surface area contributed by atoms with Crippen molar-refractivity contribution in [2.75, 3.05) is 11.8 Å². The number of anilines is 1. The molecule has 0 aliphatic heterocycles. The largest absolute Gasteiger partial charge is 0.314 e. The quantitative estimate of drug-likeness (QED) is 0.748. The third-order valence-electron chi connectivity index (χ3n) is 2.59. The molecule has 0 unspecified atom stereocenters. The Bertz CT molecular complexity index is 713. The highest BCUT2D eigenvalue weighted by atomic mass is 79.9.